The molecule has 1 aromatic rings. The van der Waals surface area contributed by atoms with Crippen LogP contribution in [0.4, 0.5) is 11.4 Å². The molecule has 2 amide bonds. The van der Waals surface area contributed by atoms with Crippen molar-refractivity contribution in [1.29, 1.82) is 0 Å². The van der Waals surface area contributed by atoms with Crippen LogP contribution < -0.4 is 15.5 Å². The minimum atomic E-state index is -0.566. The van der Waals surface area contributed by atoms with Crippen molar-refractivity contribution in [1.82, 2.24) is 5.32 Å². The molecule has 2 heterocycles. The lowest BCUT2D eigenvalue weighted by Crippen LogP contribution is -2.49. The monoisotopic (exact) mass is 367 g/mol. The first kappa shape index (κ1) is 17.6. The number of hydrogen-bond donors (Lipinski definition) is 3. The number of carbonyl (C=O) groups excluding carboxylic acids is 2. The lowest BCUT2D eigenvalue weighted by molar-refractivity contribution is -0.123. The average Bonchev–Trinajstić information content (AvgIpc) is 2.69. The fourth-order valence-corrected chi connectivity index (χ4v) is 4.14. The molecule has 27 heavy (non-hydrogen) atoms. The molecule has 2 atom stereocenters. The molecule has 1 aromatic carbocycles. The van der Waals surface area contributed by atoms with E-state index in [0.29, 0.717) is 18.5 Å². The Bertz CT molecular complexity index is 791. The molecule has 0 bridgehead atoms. The number of amides is 2. The van der Waals surface area contributed by atoms with Gasteiger partial charge in [-0.25, -0.2) is 0 Å². The van der Waals surface area contributed by atoms with E-state index in [2.05, 4.69) is 15.5 Å². The zero-order chi connectivity index (χ0) is 18.8. The summed E-state index contributed by atoms with van der Waals surface area (Å²) in [5.41, 5.74) is 1.58. The molecule has 1 aliphatic carbocycles. The van der Waals surface area contributed by atoms with Gasteiger partial charge in [0.25, 0.3) is 11.8 Å². The Kier molecular flexibility index (Phi) is 4.88. The van der Waals surface area contributed by atoms with Gasteiger partial charge in [0, 0.05) is 36.4 Å². The van der Waals surface area contributed by atoms with Crippen molar-refractivity contribution in [3.8, 4) is 0 Å². The molecule has 2 unspecified atom stereocenters. The molecule has 0 saturated carbocycles. The van der Waals surface area contributed by atoms with E-state index >= 15 is 0 Å². The number of rotatable bonds is 3. The van der Waals surface area contributed by atoms with Gasteiger partial charge in [0.2, 0.25) is 0 Å². The maximum Gasteiger partial charge on any atom is 0.264 e. The van der Waals surface area contributed by atoms with Gasteiger partial charge in [0.15, 0.2) is 0 Å². The van der Waals surface area contributed by atoms with Crippen LogP contribution in [-0.4, -0.2) is 36.1 Å². The van der Waals surface area contributed by atoms with Crippen molar-refractivity contribution in [3.63, 3.8) is 0 Å². The average molecular weight is 367 g/mol. The minimum absolute atomic E-state index is 0.101. The summed E-state index contributed by atoms with van der Waals surface area (Å²) in [4.78, 5) is 27.3. The highest BCUT2D eigenvalue weighted by Crippen LogP contribution is 2.31. The molecule has 4 rings (SSSR count). The maximum atomic E-state index is 12.6. The Hall–Kier alpha value is -2.76. The molecule has 0 aromatic heterocycles. The lowest BCUT2D eigenvalue weighted by Gasteiger charge is -2.33. The van der Waals surface area contributed by atoms with Crippen LogP contribution >= 0.6 is 0 Å². The largest absolute Gasteiger partial charge is 0.511 e. The van der Waals surface area contributed by atoms with Gasteiger partial charge in [0.05, 0.1) is 0 Å². The third-order valence-electron chi connectivity index (χ3n) is 5.66. The second-order valence-corrected chi connectivity index (χ2v) is 7.44. The third kappa shape index (κ3) is 3.56. The van der Waals surface area contributed by atoms with Gasteiger partial charge in [0.1, 0.15) is 11.3 Å². The van der Waals surface area contributed by atoms with Crippen LogP contribution in [0.25, 0.3) is 0 Å². The molecule has 1 fully saturated rings. The first-order chi connectivity index (χ1) is 13.1. The number of anilines is 2. The normalized spacial score (nSPS) is 25.0. The number of fused-ring (bicyclic) bond motifs is 1. The summed E-state index contributed by atoms with van der Waals surface area (Å²) in [5, 5.41) is 16.1. The number of benzene rings is 1. The molecule has 6 heteroatoms. The Morgan fingerprint density at radius 2 is 1.78 bits per heavy atom. The summed E-state index contributed by atoms with van der Waals surface area (Å²) in [5.74, 6) is -1.40. The van der Waals surface area contributed by atoms with Crippen molar-refractivity contribution in [3.05, 3.63) is 47.7 Å². The number of aliphatic hydroxyl groups is 1. The van der Waals surface area contributed by atoms with Crippen molar-refractivity contribution < 1.29 is 14.7 Å². The van der Waals surface area contributed by atoms with Gasteiger partial charge in [-0.1, -0.05) is 12.2 Å². The topological polar surface area (TPSA) is 81.7 Å². The smallest absolute Gasteiger partial charge is 0.264 e. The highest BCUT2D eigenvalue weighted by atomic mass is 16.3. The molecule has 3 aliphatic rings. The van der Waals surface area contributed by atoms with E-state index in [4.69, 9.17) is 0 Å². The highest BCUT2D eigenvalue weighted by molar-refractivity contribution is 6.23. The Balaban J connectivity index is 1.48. The van der Waals surface area contributed by atoms with E-state index in [1.807, 2.05) is 36.4 Å². The molecule has 2 aliphatic heterocycles. The zero-order valence-electron chi connectivity index (χ0n) is 15.3. The molecule has 3 N–H and O–H groups in total. The number of hydrogen-bond acceptors (Lipinski definition) is 4. The Labute approximate surface area is 158 Å². The number of allylic oxidation sites excluding steroid dienone is 1. The fraction of sp³-hybridized carbons (Fsp3) is 0.429. The molecule has 0 spiro atoms. The lowest BCUT2D eigenvalue weighted by atomic mass is 9.82. The van der Waals surface area contributed by atoms with Gasteiger partial charge < -0.3 is 20.6 Å². The molecule has 142 valence electrons. The summed E-state index contributed by atoms with van der Waals surface area (Å²) in [7, 11) is 0. The van der Waals surface area contributed by atoms with E-state index in [-0.39, 0.29) is 23.3 Å². The van der Waals surface area contributed by atoms with Gasteiger partial charge in [-0.2, -0.15) is 0 Å². The van der Waals surface area contributed by atoms with E-state index in [1.165, 1.54) is 19.3 Å². The number of nitrogens with zero attached hydrogens (tertiary/aromatic N) is 1. The fourth-order valence-electron chi connectivity index (χ4n) is 4.14. The van der Waals surface area contributed by atoms with E-state index < -0.39 is 11.8 Å². The van der Waals surface area contributed by atoms with Gasteiger partial charge in [-0.05, 0) is 56.4 Å². The summed E-state index contributed by atoms with van der Waals surface area (Å²) in [6, 6.07) is 7.51. The van der Waals surface area contributed by atoms with Crippen LogP contribution in [0.3, 0.4) is 0 Å². The molecular weight excluding hydrogens is 342 g/mol. The minimum Gasteiger partial charge on any atom is -0.511 e. The first-order valence-electron chi connectivity index (χ1n) is 9.69. The predicted molar refractivity (Wildman–Crippen MR) is 105 cm³/mol. The van der Waals surface area contributed by atoms with Crippen molar-refractivity contribution in [2.75, 3.05) is 23.3 Å². The Morgan fingerprint density at radius 1 is 1.07 bits per heavy atom. The van der Waals surface area contributed by atoms with E-state index in [9.17, 15) is 14.7 Å². The third-order valence-corrected chi connectivity index (χ3v) is 5.66. The second kappa shape index (κ2) is 7.47. The number of nitrogens with one attached hydrogen (secondary N) is 2. The number of piperidine rings is 1. The van der Waals surface area contributed by atoms with Crippen molar-refractivity contribution in [2.24, 2.45) is 5.92 Å². The van der Waals surface area contributed by atoms with Crippen molar-refractivity contribution >= 4 is 23.2 Å². The van der Waals surface area contributed by atoms with Gasteiger partial charge in [-0.15, -0.1) is 0 Å². The van der Waals surface area contributed by atoms with Crippen LogP contribution in [0.1, 0.15) is 32.1 Å². The summed E-state index contributed by atoms with van der Waals surface area (Å²) in [6.07, 6.45) is 8.96. The SMILES string of the molecule is O=C(Nc1ccc(N2CCCCC2)cc1)C1=C(O)C2CC=CCC2NC1=O. The number of carbonyl (C=O) groups is 2. The van der Waals surface area contributed by atoms with Crippen LogP contribution in [0.15, 0.2) is 47.7 Å². The van der Waals surface area contributed by atoms with E-state index in [0.717, 1.165) is 18.8 Å². The predicted octanol–water partition coefficient (Wildman–Crippen LogP) is 2.89. The summed E-state index contributed by atoms with van der Waals surface area (Å²) in [6.45, 7) is 2.12. The molecule has 1 saturated heterocycles. The summed E-state index contributed by atoms with van der Waals surface area (Å²) >= 11 is 0. The second-order valence-electron chi connectivity index (χ2n) is 7.44. The highest BCUT2D eigenvalue weighted by Gasteiger charge is 2.38. The first-order valence-corrected chi connectivity index (χ1v) is 9.69. The van der Waals surface area contributed by atoms with Crippen molar-refractivity contribution in [2.45, 2.75) is 38.1 Å². The zero-order valence-corrected chi connectivity index (χ0v) is 15.3. The van der Waals surface area contributed by atoms with Crippen LogP contribution in [0, 0.1) is 5.92 Å². The van der Waals surface area contributed by atoms with Gasteiger partial charge in [-0.3, -0.25) is 9.59 Å². The molecule has 0 radical (unpaired) electrons. The van der Waals surface area contributed by atoms with Crippen LogP contribution in [0.5, 0.6) is 0 Å². The van der Waals surface area contributed by atoms with Gasteiger partial charge >= 0.3 is 0 Å². The number of aliphatic hydroxyl groups excluding tert-OH is 1. The molecule has 6 nitrogen and oxygen atoms in total. The summed E-state index contributed by atoms with van der Waals surface area (Å²) < 4.78 is 0. The maximum absolute atomic E-state index is 12.6. The Morgan fingerprint density at radius 3 is 2.52 bits per heavy atom. The molecular formula is C21H25N3O3. The standard InChI is InChI=1S/C21H25N3O3/c25-19-16-6-2-3-7-17(16)23-21(27)18(19)20(26)22-14-8-10-15(11-9-14)24-12-4-1-5-13-24/h2-3,8-11,16-17,25H,1,4-7,12-13H2,(H,22,26)(H,23,27). The van der Waals surface area contributed by atoms with E-state index in [1.54, 1.807) is 0 Å². The van der Waals surface area contributed by atoms with Crippen LogP contribution in [-0.2, 0) is 9.59 Å². The van der Waals surface area contributed by atoms with Crippen LogP contribution in [0.2, 0.25) is 0 Å². The quantitative estimate of drug-likeness (QED) is 0.567.